The van der Waals surface area contributed by atoms with Gasteiger partial charge in [-0.1, -0.05) is 30.3 Å². The molecule has 156 valence electrons. The van der Waals surface area contributed by atoms with Crippen molar-refractivity contribution in [1.82, 2.24) is 4.90 Å². The molecule has 0 saturated heterocycles. The Bertz CT molecular complexity index is 806. The van der Waals surface area contributed by atoms with Crippen LogP contribution in [0.5, 0.6) is 0 Å². The number of rotatable bonds is 6. The molecule has 29 heavy (non-hydrogen) atoms. The molecular formula is C23H28FNO4. The molecule has 1 saturated carbocycles. The van der Waals surface area contributed by atoms with E-state index in [2.05, 4.69) is 0 Å². The fraction of sp³-hybridized carbons (Fsp3) is 0.565. The Morgan fingerprint density at radius 2 is 1.97 bits per heavy atom. The number of carbonyl (C=O) groups excluding carboxylic acids is 2. The third-order valence-corrected chi connectivity index (χ3v) is 5.99. The average molecular weight is 401 g/mol. The van der Waals surface area contributed by atoms with Crippen molar-refractivity contribution in [3.8, 4) is 0 Å². The van der Waals surface area contributed by atoms with Crippen LogP contribution in [0.2, 0.25) is 0 Å². The average Bonchev–Trinajstić information content (AvgIpc) is 2.99. The zero-order valence-electron chi connectivity index (χ0n) is 17.0. The Kier molecular flexibility index (Phi) is 5.72. The molecule has 0 aromatic heterocycles. The van der Waals surface area contributed by atoms with E-state index in [-0.39, 0.29) is 30.0 Å². The van der Waals surface area contributed by atoms with Crippen molar-refractivity contribution < 1.29 is 23.5 Å². The van der Waals surface area contributed by atoms with Gasteiger partial charge in [0, 0.05) is 13.2 Å². The maximum Gasteiger partial charge on any atom is 0.290 e. The summed E-state index contributed by atoms with van der Waals surface area (Å²) in [6.07, 6.45) is 0.450. The van der Waals surface area contributed by atoms with Crippen LogP contribution in [-0.4, -0.2) is 48.1 Å². The molecule has 1 aromatic rings. The number of carbonyl (C=O) groups is 2. The SMILES string of the molecule is CC(C)OCCCN1C(=O)C2=C(C(=O)C3CC(F)CCC3O2)C1c1ccccc1. The van der Waals surface area contributed by atoms with Crippen LogP contribution in [0.25, 0.3) is 0 Å². The highest BCUT2D eigenvalue weighted by Crippen LogP contribution is 2.47. The summed E-state index contributed by atoms with van der Waals surface area (Å²) in [5, 5.41) is 0. The number of amides is 1. The Hall–Kier alpha value is -2.21. The van der Waals surface area contributed by atoms with E-state index in [9.17, 15) is 14.0 Å². The van der Waals surface area contributed by atoms with Crippen molar-refractivity contribution in [2.75, 3.05) is 13.2 Å². The molecular weight excluding hydrogens is 373 g/mol. The van der Waals surface area contributed by atoms with E-state index < -0.39 is 24.2 Å². The van der Waals surface area contributed by atoms with Crippen LogP contribution in [0, 0.1) is 5.92 Å². The minimum Gasteiger partial charge on any atom is -0.483 e. The van der Waals surface area contributed by atoms with Crippen molar-refractivity contribution in [3.05, 3.63) is 47.2 Å². The molecule has 1 aromatic carbocycles. The van der Waals surface area contributed by atoms with Gasteiger partial charge in [-0.3, -0.25) is 9.59 Å². The van der Waals surface area contributed by atoms with Gasteiger partial charge in [0.25, 0.3) is 5.91 Å². The van der Waals surface area contributed by atoms with Gasteiger partial charge in [0.1, 0.15) is 12.3 Å². The first-order valence-electron chi connectivity index (χ1n) is 10.5. The fourth-order valence-corrected chi connectivity index (χ4v) is 4.63. The van der Waals surface area contributed by atoms with Crippen LogP contribution >= 0.6 is 0 Å². The molecule has 5 nitrogen and oxygen atoms in total. The third kappa shape index (κ3) is 3.82. The predicted molar refractivity (Wildman–Crippen MR) is 106 cm³/mol. The van der Waals surface area contributed by atoms with Crippen LogP contribution in [-0.2, 0) is 19.1 Å². The van der Waals surface area contributed by atoms with Crippen molar-refractivity contribution in [2.45, 2.75) is 64.0 Å². The highest BCUT2D eigenvalue weighted by atomic mass is 19.1. The molecule has 1 amide bonds. The lowest BCUT2D eigenvalue weighted by molar-refractivity contribution is -0.136. The van der Waals surface area contributed by atoms with Crippen molar-refractivity contribution in [3.63, 3.8) is 0 Å². The van der Waals surface area contributed by atoms with E-state index in [0.717, 1.165) is 5.56 Å². The predicted octanol–water partition coefficient (Wildman–Crippen LogP) is 3.75. The summed E-state index contributed by atoms with van der Waals surface area (Å²) >= 11 is 0. The molecule has 2 heterocycles. The number of halogens is 1. The van der Waals surface area contributed by atoms with Crippen LogP contribution in [0.15, 0.2) is 41.7 Å². The summed E-state index contributed by atoms with van der Waals surface area (Å²) in [7, 11) is 0. The van der Waals surface area contributed by atoms with Crippen molar-refractivity contribution in [1.29, 1.82) is 0 Å². The number of ketones is 1. The smallest absolute Gasteiger partial charge is 0.290 e. The first-order valence-corrected chi connectivity index (χ1v) is 10.5. The largest absolute Gasteiger partial charge is 0.483 e. The van der Waals surface area contributed by atoms with Gasteiger partial charge in [-0.25, -0.2) is 4.39 Å². The van der Waals surface area contributed by atoms with Crippen LogP contribution in [0.1, 0.15) is 51.1 Å². The van der Waals surface area contributed by atoms with E-state index in [1.54, 1.807) is 4.90 Å². The molecule has 3 aliphatic rings. The number of ether oxygens (including phenoxy) is 2. The third-order valence-electron chi connectivity index (χ3n) is 5.99. The Labute approximate surface area is 170 Å². The summed E-state index contributed by atoms with van der Waals surface area (Å²) in [4.78, 5) is 28.3. The molecule has 0 bridgehead atoms. The van der Waals surface area contributed by atoms with Crippen LogP contribution in [0.4, 0.5) is 4.39 Å². The van der Waals surface area contributed by atoms with Gasteiger partial charge < -0.3 is 14.4 Å². The minimum atomic E-state index is -0.984. The molecule has 2 aliphatic heterocycles. The lowest BCUT2D eigenvalue weighted by Crippen LogP contribution is -2.42. The lowest BCUT2D eigenvalue weighted by atomic mass is 9.77. The second-order valence-electron chi connectivity index (χ2n) is 8.37. The standard InChI is InChI=1S/C23H28FNO4/c1-14(2)28-12-6-11-25-20(15-7-4-3-5-8-15)19-21(26)17-13-16(24)9-10-18(17)29-22(19)23(25)27/h3-5,7-8,14,16-18,20H,6,9-13H2,1-2H3. The normalized spacial score (nSPS) is 29.2. The lowest BCUT2D eigenvalue weighted by Gasteiger charge is -2.36. The van der Waals surface area contributed by atoms with Gasteiger partial charge in [0.2, 0.25) is 0 Å². The van der Waals surface area contributed by atoms with Crippen LogP contribution < -0.4 is 0 Å². The maximum atomic E-state index is 14.0. The summed E-state index contributed by atoms with van der Waals surface area (Å²) in [6, 6.07) is 9.06. The van der Waals surface area contributed by atoms with E-state index in [4.69, 9.17) is 9.47 Å². The van der Waals surface area contributed by atoms with Crippen molar-refractivity contribution >= 4 is 11.7 Å². The zero-order chi connectivity index (χ0) is 20.5. The number of nitrogens with zero attached hydrogens (tertiary/aromatic N) is 1. The first kappa shape index (κ1) is 20.1. The van der Waals surface area contributed by atoms with E-state index in [0.29, 0.717) is 38.0 Å². The summed E-state index contributed by atoms with van der Waals surface area (Å²) in [5.41, 5.74) is 1.28. The Balaban J connectivity index is 1.64. The molecule has 4 rings (SSSR count). The summed E-state index contributed by atoms with van der Waals surface area (Å²) in [6.45, 7) is 4.95. The van der Waals surface area contributed by atoms with Crippen molar-refractivity contribution in [2.24, 2.45) is 5.92 Å². The molecule has 0 spiro atoms. The first-order chi connectivity index (χ1) is 14.0. The second-order valence-corrected chi connectivity index (χ2v) is 8.37. The van der Waals surface area contributed by atoms with E-state index >= 15 is 0 Å². The maximum absolute atomic E-state index is 14.0. The topological polar surface area (TPSA) is 55.8 Å². The van der Waals surface area contributed by atoms with Gasteiger partial charge >= 0.3 is 0 Å². The molecule has 1 aliphatic carbocycles. The van der Waals surface area contributed by atoms with E-state index in [1.165, 1.54) is 0 Å². The quantitative estimate of drug-likeness (QED) is 0.682. The van der Waals surface area contributed by atoms with Gasteiger partial charge in [0.15, 0.2) is 11.5 Å². The zero-order valence-corrected chi connectivity index (χ0v) is 17.0. The molecule has 0 radical (unpaired) electrons. The monoisotopic (exact) mass is 401 g/mol. The van der Waals surface area contributed by atoms with Gasteiger partial charge in [-0.2, -0.15) is 0 Å². The fourth-order valence-electron chi connectivity index (χ4n) is 4.63. The highest BCUT2D eigenvalue weighted by Gasteiger charge is 2.52. The van der Waals surface area contributed by atoms with E-state index in [1.807, 2.05) is 44.2 Å². The molecule has 1 fully saturated rings. The second kappa shape index (κ2) is 8.27. The Morgan fingerprint density at radius 1 is 1.21 bits per heavy atom. The summed E-state index contributed by atoms with van der Waals surface area (Å²) in [5.74, 6) is -0.692. The number of hydrogen-bond acceptors (Lipinski definition) is 4. The van der Waals surface area contributed by atoms with Gasteiger partial charge in [0.05, 0.1) is 23.6 Å². The number of benzene rings is 1. The molecule has 6 heteroatoms. The summed E-state index contributed by atoms with van der Waals surface area (Å²) < 4.78 is 25.7. The minimum absolute atomic E-state index is 0.123. The molecule has 4 unspecified atom stereocenters. The molecule has 0 N–H and O–H groups in total. The Morgan fingerprint density at radius 3 is 2.69 bits per heavy atom. The molecule has 4 atom stereocenters. The van der Waals surface area contributed by atoms with Gasteiger partial charge in [-0.15, -0.1) is 0 Å². The number of fused-ring (bicyclic) bond motifs is 1. The number of alkyl halides is 1. The van der Waals surface area contributed by atoms with Gasteiger partial charge in [-0.05, 0) is 45.1 Å². The number of Topliss-reactive ketones (excluding diaryl/α,β-unsaturated/α-hetero) is 1. The number of hydrogen-bond donors (Lipinski definition) is 0. The highest BCUT2D eigenvalue weighted by molar-refractivity contribution is 6.11. The van der Waals surface area contributed by atoms with Crippen LogP contribution in [0.3, 0.4) is 0 Å².